The first kappa shape index (κ1) is 19.9. The lowest BCUT2D eigenvalue weighted by Gasteiger charge is -2.19. The van der Waals surface area contributed by atoms with Crippen molar-refractivity contribution in [2.75, 3.05) is 0 Å². The molecule has 1 unspecified atom stereocenters. The van der Waals surface area contributed by atoms with Gasteiger partial charge in [-0.2, -0.15) is 0 Å². The SMILES string of the molecule is [NH2+]=C(CC(NC(=O)c1cccc(-n2cnnn2)c1)c1ccccc1O)c1cccnc1. The van der Waals surface area contributed by atoms with Crippen molar-refractivity contribution in [3.63, 3.8) is 0 Å². The summed E-state index contributed by atoms with van der Waals surface area (Å²) in [5, 5.41) is 30.7. The van der Waals surface area contributed by atoms with Crippen molar-refractivity contribution in [1.29, 1.82) is 0 Å². The average molecular weight is 414 g/mol. The maximum Gasteiger partial charge on any atom is 0.251 e. The molecule has 2 heterocycles. The van der Waals surface area contributed by atoms with Crippen LogP contribution in [0.3, 0.4) is 0 Å². The summed E-state index contributed by atoms with van der Waals surface area (Å²) >= 11 is 0. The maximum absolute atomic E-state index is 13.1. The van der Waals surface area contributed by atoms with Gasteiger partial charge in [-0.1, -0.05) is 24.3 Å². The number of benzene rings is 2. The molecule has 0 aliphatic carbocycles. The first-order chi connectivity index (χ1) is 15.1. The van der Waals surface area contributed by atoms with Crippen molar-refractivity contribution >= 4 is 11.6 Å². The number of pyridine rings is 1. The zero-order valence-electron chi connectivity index (χ0n) is 16.5. The van der Waals surface area contributed by atoms with E-state index in [2.05, 4.69) is 25.8 Å². The molecule has 4 N–H and O–H groups in total. The Morgan fingerprint density at radius 2 is 1.94 bits per heavy atom. The predicted octanol–water partition coefficient (Wildman–Crippen LogP) is 0.873. The molecule has 9 heteroatoms. The number of nitrogens with one attached hydrogen (secondary N) is 1. The molecule has 0 spiro atoms. The minimum atomic E-state index is -0.550. The van der Waals surface area contributed by atoms with E-state index in [0.29, 0.717) is 28.9 Å². The van der Waals surface area contributed by atoms with Crippen LogP contribution in [0, 0.1) is 0 Å². The van der Waals surface area contributed by atoms with Gasteiger partial charge >= 0.3 is 0 Å². The number of phenolic OH excluding ortho intramolecular Hbond substituents is 1. The minimum absolute atomic E-state index is 0.0780. The van der Waals surface area contributed by atoms with E-state index in [-0.39, 0.29) is 11.7 Å². The number of amides is 1. The molecule has 4 rings (SSSR count). The second-order valence-electron chi connectivity index (χ2n) is 6.86. The molecule has 1 amide bonds. The van der Waals surface area contributed by atoms with E-state index in [9.17, 15) is 9.90 Å². The third kappa shape index (κ3) is 4.61. The normalized spacial score (nSPS) is 11.6. The first-order valence-electron chi connectivity index (χ1n) is 9.55. The van der Waals surface area contributed by atoms with Crippen LogP contribution in [0.4, 0.5) is 0 Å². The van der Waals surface area contributed by atoms with Gasteiger partial charge in [-0.25, -0.2) is 4.68 Å². The van der Waals surface area contributed by atoms with Gasteiger partial charge in [0, 0.05) is 23.5 Å². The molecule has 0 fully saturated rings. The Kier molecular flexibility index (Phi) is 5.75. The quantitative estimate of drug-likeness (QED) is 0.385. The Morgan fingerprint density at radius 1 is 1.10 bits per heavy atom. The molecular formula is C22H20N7O2+. The van der Waals surface area contributed by atoms with Gasteiger partial charge in [-0.3, -0.25) is 15.2 Å². The molecule has 31 heavy (non-hydrogen) atoms. The Balaban J connectivity index is 1.60. The van der Waals surface area contributed by atoms with Gasteiger partial charge < -0.3 is 10.4 Å². The van der Waals surface area contributed by atoms with Gasteiger partial charge in [0.2, 0.25) is 0 Å². The van der Waals surface area contributed by atoms with E-state index in [1.54, 1.807) is 67.0 Å². The van der Waals surface area contributed by atoms with E-state index in [1.165, 1.54) is 11.0 Å². The molecule has 2 aromatic carbocycles. The molecule has 0 bridgehead atoms. The number of phenols is 1. The van der Waals surface area contributed by atoms with Gasteiger partial charge in [0.25, 0.3) is 5.91 Å². The summed E-state index contributed by atoms with van der Waals surface area (Å²) in [6.45, 7) is 0. The molecule has 0 aliphatic rings. The van der Waals surface area contributed by atoms with E-state index in [4.69, 9.17) is 5.41 Å². The molecular weight excluding hydrogens is 394 g/mol. The number of tetrazole rings is 1. The average Bonchev–Trinajstić information content (AvgIpc) is 3.35. The molecule has 2 aromatic heterocycles. The number of carbonyl (C=O) groups excluding carboxylic acids is 1. The summed E-state index contributed by atoms with van der Waals surface area (Å²) in [5.74, 6) is -0.239. The molecule has 0 aliphatic heterocycles. The Labute approximate surface area is 177 Å². The summed E-state index contributed by atoms with van der Waals surface area (Å²) in [4.78, 5) is 17.2. The van der Waals surface area contributed by atoms with Crippen molar-refractivity contribution in [2.24, 2.45) is 0 Å². The number of hydrogen-bond acceptors (Lipinski definition) is 6. The van der Waals surface area contributed by atoms with Gasteiger partial charge in [0.05, 0.1) is 23.7 Å². The second kappa shape index (κ2) is 8.95. The van der Waals surface area contributed by atoms with Gasteiger partial charge in [-0.15, -0.1) is 5.10 Å². The van der Waals surface area contributed by atoms with Crippen LogP contribution in [0.15, 0.2) is 79.4 Å². The number of carbonyl (C=O) groups is 1. The van der Waals surface area contributed by atoms with Crippen LogP contribution in [0.25, 0.3) is 5.69 Å². The van der Waals surface area contributed by atoms with Crippen LogP contribution in [-0.4, -0.2) is 41.9 Å². The lowest BCUT2D eigenvalue weighted by Crippen LogP contribution is -2.43. The standard InChI is InChI=1S/C22H19N7O2/c23-19(16-6-4-10-24-13-16)12-20(18-8-1-2-9-21(18)30)26-22(31)15-5-3-7-17(11-15)29-14-25-27-28-29/h1-11,13-14,20,23,30H,12H2,(H,26,31)/p+1. The fourth-order valence-electron chi connectivity index (χ4n) is 3.22. The smallest absolute Gasteiger partial charge is 0.251 e. The van der Waals surface area contributed by atoms with Gasteiger partial charge in [0.15, 0.2) is 5.71 Å². The fraction of sp³-hybridized carbons (Fsp3) is 0.0909. The van der Waals surface area contributed by atoms with Crippen molar-refractivity contribution in [1.82, 2.24) is 30.5 Å². The van der Waals surface area contributed by atoms with Crippen LogP contribution in [-0.2, 0) is 0 Å². The number of nitrogens with two attached hydrogens (primary N) is 1. The third-order valence-corrected chi connectivity index (χ3v) is 4.80. The van der Waals surface area contributed by atoms with Crippen molar-refractivity contribution in [2.45, 2.75) is 12.5 Å². The van der Waals surface area contributed by atoms with Crippen molar-refractivity contribution in [3.8, 4) is 11.4 Å². The molecule has 1 atom stereocenters. The van der Waals surface area contributed by atoms with Crippen LogP contribution >= 0.6 is 0 Å². The molecule has 0 saturated heterocycles. The Hall–Kier alpha value is -4.40. The lowest BCUT2D eigenvalue weighted by molar-refractivity contribution is -0.115. The largest absolute Gasteiger partial charge is 0.508 e. The lowest BCUT2D eigenvalue weighted by atomic mass is 9.97. The summed E-state index contributed by atoms with van der Waals surface area (Å²) in [7, 11) is 0. The van der Waals surface area contributed by atoms with Crippen LogP contribution < -0.4 is 10.7 Å². The van der Waals surface area contributed by atoms with Crippen LogP contribution in [0.5, 0.6) is 5.75 Å². The summed E-state index contributed by atoms with van der Waals surface area (Å²) < 4.78 is 1.46. The molecule has 9 nitrogen and oxygen atoms in total. The number of nitrogens with zero attached hydrogens (tertiary/aromatic N) is 5. The zero-order chi connectivity index (χ0) is 21.6. The first-order valence-corrected chi connectivity index (χ1v) is 9.55. The highest BCUT2D eigenvalue weighted by Gasteiger charge is 2.23. The number of aromatic hydroxyl groups is 1. The summed E-state index contributed by atoms with van der Waals surface area (Å²) in [6.07, 6.45) is 5.07. The van der Waals surface area contributed by atoms with Crippen LogP contribution in [0.2, 0.25) is 0 Å². The fourth-order valence-corrected chi connectivity index (χ4v) is 3.22. The second-order valence-corrected chi connectivity index (χ2v) is 6.86. The van der Waals surface area contributed by atoms with E-state index in [1.807, 2.05) is 6.07 Å². The number of aromatic nitrogens is 5. The molecule has 154 valence electrons. The highest BCUT2D eigenvalue weighted by Crippen LogP contribution is 2.27. The highest BCUT2D eigenvalue weighted by molar-refractivity contribution is 5.98. The molecule has 0 radical (unpaired) electrons. The summed E-state index contributed by atoms with van der Waals surface area (Å²) in [5.41, 5.74) is 2.95. The predicted molar refractivity (Wildman–Crippen MR) is 112 cm³/mol. The summed E-state index contributed by atoms with van der Waals surface area (Å²) in [6, 6.07) is 16.9. The molecule has 0 saturated carbocycles. The number of hydrogen-bond donors (Lipinski definition) is 3. The van der Waals surface area contributed by atoms with Gasteiger partial charge in [-0.05, 0) is 46.8 Å². The topological polar surface area (TPSA) is 131 Å². The van der Waals surface area contributed by atoms with E-state index in [0.717, 1.165) is 5.56 Å². The molecule has 4 aromatic rings. The number of rotatable bonds is 7. The highest BCUT2D eigenvalue weighted by atomic mass is 16.3. The minimum Gasteiger partial charge on any atom is -0.508 e. The third-order valence-electron chi connectivity index (χ3n) is 4.80. The maximum atomic E-state index is 13.1. The Bertz CT molecular complexity index is 1190. The Morgan fingerprint density at radius 3 is 2.68 bits per heavy atom. The van der Waals surface area contributed by atoms with Crippen molar-refractivity contribution in [3.05, 3.63) is 96.1 Å². The monoisotopic (exact) mass is 414 g/mol. The zero-order valence-corrected chi connectivity index (χ0v) is 16.5. The van der Waals surface area contributed by atoms with Crippen LogP contribution in [0.1, 0.15) is 33.9 Å². The van der Waals surface area contributed by atoms with E-state index < -0.39 is 6.04 Å². The van der Waals surface area contributed by atoms with Gasteiger partial charge in [0.1, 0.15) is 12.1 Å². The number of para-hydroxylation sites is 1. The van der Waals surface area contributed by atoms with Crippen molar-refractivity contribution < 1.29 is 15.3 Å². The van der Waals surface area contributed by atoms with E-state index >= 15 is 0 Å².